The number of rotatable bonds is 10. The third-order valence-corrected chi connectivity index (χ3v) is 6.28. The molecule has 3 aromatic rings. The topological polar surface area (TPSA) is 62.4 Å². The Hall–Kier alpha value is -2.31. The molecular weight excluding hydrogens is 384 g/mol. The highest BCUT2D eigenvalue weighted by Gasteiger charge is 2.20. The van der Waals surface area contributed by atoms with E-state index in [0.717, 1.165) is 60.9 Å². The second kappa shape index (κ2) is 9.46. The molecule has 0 aliphatic carbocycles. The number of hydrogen-bond acceptors (Lipinski definition) is 4. The normalized spacial score (nSPS) is 12.0. The van der Waals surface area contributed by atoms with Crippen LogP contribution in [0.1, 0.15) is 37.8 Å². The second-order valence-electron chi connectivity index (χ2n) is 7.43. The van der Waals surface area contributed by atoms with Crippen LogP contribution >= 0.6 is 0 Å². The first-order valence-corrected chi connectivity index (χ1v) is 11.7. The zero-order valence-electron chi connectivity index (χ0n) is 17.4. The maximum absolute atomic E-state index is 12.8. The zero-order chi connectivity index (χ0) is 20.9. The van der Waals surface area contributed by atoms with Crippen molar-refractivity contribution in [1.82, 2.24) is 9.88 Å². The number of hydrogen-bond donors (Lipinski definition) is 1. The molecule has 6 heteroatoms. The summed E-state index contributed by atoms with van der Waals surface area (Å²) in [5.74, 6) is 0.372. The highest BCUT2D eigenvalue weighted by Crippen LogP contribution is 2.31. The van der Waals surface area contributed by atoms with Crippen molar-refractivity contribution in [2.24, 2.45) is 0 Å². The SMILES string of the molecule is CCCN(CCC)CCc1c[nH]c2cccc(OS(=O)(=O)c3ccc(C)cc3)c12. The van der Waals surface area contributed by atoms with Gasteiger partial charge in [0.1, 0.15) is 4.90 Å². The van der Waals surface area contributed by atoms with Crippen LogP contribution in [0, 0.1) is 6.92 Å². The maximum atomic E-state index is 12.8. The van der Waals surface area contributed by atoms with Gasteiger partial charge in [-0.25, -0.2) is 0 Å². The smallest absolute Gasteiger partial charge is 0.339 e. The number of aromatic amines is 1. The summed E-state index contributed by atoms with van der Waals surface area (Å²) >= 11 is 0. The van der Waals surface area contributed by atoms with Gasteiger partial charge in [0, 0.05) is 23.6 Å². The average Bonchev–Trinajstić information content (AvgIpc) is 3.11. The van der Waals surface area contributed by atoms with E-state index in [1.807, 2.05) is 25.3 Å². The summed E-state index contributed by atoms with van der Waals surface area (Å²) < 4.78 is 31.2. The van der Waals surface area contributed by atoms with Gasteiger partial charge in [-0.05, 0) is 69.1 Å². The Morgan fingerprint density at radius 1 is 0.966 bits per heavy atom. The Morgan fingerprint density at radius 3 is 2.31 bits per heavy atom. The molecule has 2 aromatic carbocycles. The fourth-order valence-corrected chi connectivity index (χ4v) is 4.54. The lowest BCUT2D eigenvalue weighted by molar-refractivity contribution is 0.278. The number of benzene rings is 2. The quantitative estimate of drug-likeness (QED) is 0.479. The van der Waals surface area contributed by atoms with Crippen LogP contribution < -0.4 is 4.18 Å². The summed E-state index contributed by atoms with van der Waals surface area (Å²) in [6.45, 7) is 9.38. The molecular formula is C23H30N2O3S. The summed E-state index contributed by atoms with van der Waals surface area (Å²) in [7, 11) is -3.89. The summed E-state index contributed by atoms with van der Waals surface area (Å²) in [5, 5.41) is 0.844. The van der Waals surface area contributed by atoms with Gasteiger partial charge in [-0.15, -0.1) is 0 Å². The molecule has 0 saturated carbocycles. The lowest BCUT2D eigenvalue weighted by Crippen LogP contribution is -2.27. The Labute approximate surface area is 173 Å². The summed E-state index contributed by atoms with van der Waals surface area (Å²) in [6.07, 6.45) is 5.05. The lowest BCUT2D eigenvalue weighted by atomic mass is 10.1. The predicted octanol–water partition coefficient (Wildman–Crippen LogP) is 4.91. The molecule has 0 atom stereocenters. The molecule has 1 aromatic heterocycles. The van der Waals surface area contributed by atoms with Crippen LogP contribution in [0.4, 0.5) is 0 Å². The molecule has 0 amide bonds. The summed E-state index contributed by atoms with van der Waals surface area (Å²) in [6, 6.07) is 12.2. The monoisotopic (exact) mass is 414 g/mol. The molecule has 0 spiro atoms. The molecule has 29 heavy (non-hydrogen) atoms. The van der Waals surface area contributed by atoms with Crippen LogP contribution in [-0.2, 0) is 16.5 Å². The Morgan fingerprint density at radius 2 is 1.66 bits per heavy atom. The van der Waals surface area contributed by atoms with Crippen LogP contribution in [0.5, 0.6) is 5.75 Å². The molecule has 0 bridgehead atoms. The second-order valence-corrected chi connectivity index (χ2v) is 8.98. The van der Waals surface area contributed by atoms with E-state index in [9.17, 15) is 8.42 Å². The number of aromatic nitrogens is 1. The van der Waals surface area contributed by atoms with Crippen LogP contribution in [-0.4, -0.2) is 37.9 Å². The lowest BCUT2D eigenvalue weighted by Gasteiger charge is -2.20. The Kier molecular flexibility index (Phi) is 6.98. The van der Waals surface area contributed by atoms with E-state index in [1.54, 1.807) is 30.3 Å². The van der Waals surface area contributed by atoms with Gasteiger partial charge in [0.25, 0.3) is 0 Å². The Bertz CT molecular complexity index is 1030. The van der Waals surface area contributed by atoms with Crippen molar-refractivity contribution in [3.63, 3.8) is 0 Å². The van der Waals surface area contributed by atoms with Crippen LogP contribution in [0.2, 0.25) is 0 Å². The molecule has 0 unspecified atom stereocenters. The summed E-state index contributed by atoms with van der Waals surface area (Å²) in [5.41, 5.74) is 2.96. The average molecular weight is 415 g/mol. The standard InChI is InChI=1S/C23H30N2O3S/c1-4-14-25(15-5-2)16-13-19-17-24-21-7-6-8-22(23(19)21)28-29(26,27)20-11-9-18(3)10-12-20/h6-12,17,24H,4-5,13-16H2,1-3H3. The van der Waals surface area contributed by atoms with Crippen LogP contribution in [0.3, 0.4) is 0 Å². The predicted molar refractivity (Wildman–Crippen MR) is 118 cm³/mol. The van der Waals surface area contributed by atoms with Crippen molar-refractivity contribution in [2.45, 2.75) is 44.9 Å². The molecule has 5 nitrogen and oxygen atoms in total. The highest BCUT2D eigenvalue weighted by atomic mass is 32.2. The fourth-order valence-electron chi connectivity index (χ4n) is 3.60. The molecule has 1 heterocycles. The third kappa shape index (κ3) is 5.19. The Balaban J connectivity index is 1.87. The van der Waals surface area contributed by atoms with Crippen LogP contribution in [0.25, 0.3) is 10.9 Å². The highest BCUT2D eigenvalue weighted by molar-refractivity contribution is 7.87. The molecule has 1 N–H and O–H groups in total. The molecule has 156 valence electrons. The van der Waals surface area contributed by atoms with Crippen molar-refractivity contribution in [1.29, 1.82) is 0 Å². The van der Waals surface area contributed by atoms with Gasteiger partial charge in [-0.1, -0.05) is 37.6 Å². The molecule has 3 rings (SSSR count). The van der Waals surface area contributed by atoms with Gasteiger partial charge in [-0.3, -0.25) is 0 Å². The zero-order valence-corrected chi connectivity index (χ0v) is 18.3. The minimum absolute atomic E-state index is 0.161. The third-order valence-electron chi connectivity index (χ3n) is 5.04. The van der Waals surface area contributed by atoms with E-state index in [-0.39, 0.29) is 4.90 Å². The summed E-state index contributed by atoms with van der Waals surface area (Å²) in [4.78, 5) is 5.87. The minimum Gasteiger partial charge on any atom is -0.378 e. The van der Waals surface area contributed by atoms with Gasteiger partial charge in [0.15, 0.2) is 5.75 Å². The molecule has 0 aliphatic rings. The minimum atomic E-state index is -3.89. The van der Waals surface area contributed by atoms with Crippen molar-refractivity contribution >= 4 is 21.0 Å². The van der Waals surface area contributed by atoms with Crippen molar-refractivity contribution < 1.29 is 12.6 Å². The number of fused-ring (bicyclic) bond motifs is 1. The first-order chi connectivity index (χ1) is 13.9. The van der Waals surface area contributed by atoms with E-state index in [0.29, 0.717) is 5.75 Å². The number of nitrogens with zero attached hydrogens (tertiary/aromatic N) is 1. The van der Waals surface area contributed by atoms with Crippen molar-refractivity contribution in [2.75, 3.05) is 19.6 Å². The molecule has 0 saturated heterocycles. The van der Waals surface area contributed by atoms with E-state index in [1.165, 1.54) is 0 Å². The van der Waals surface area contributed by atoms with Gasteiger partial charge in [-0.2, -0.15) is 8.42 Å². The van der Waals surface area contributed by atoms with Crippen molar-refractivity contribution in [3.05, 3.63) is 59.8 Å². The number of H-pyrrole nitrogens is 1. The van der Waals surface area contributed by atoms with E-state index >= 15 is 0 Å². The van der Waals surface area contributed by atoms with Gasteiger partial charge < -0.3 is 14.1 Å². The maximum Gasteiger partial charge on any atom is 0.339 e. The van der Waals surface area contributed by atoms with Gasteiger partial charge >= 0.3 is 10.1 Å². The van der Waals surface area contributed by atoms with Crippen molar-refractivity contribution in [3.8, 4) is 5.75 Å². The van der Waals surface area contributed by atoms with E-state index < -0.39 is 10.1 Å². The van der Waals surface area contributed by atoms with E-state index in [2.05, 4.69) is 23.7 Å². The molecule has 0 radical (unpaired) electrons. The first-order valence-electron chi connectivity index (χ1n) is 10.3. The van der Waals surface area contributed by atoms with Crippen LogP contribution in [0.15, 0.2) is 53.6 Å². The number of aryl methyl sites for hydroxylation is 1. The van der Waals surface area contributed by atoms with Gasteiger partial charge in [0.2, 0.25) is 0 Å². The van der Waals surface area contributed by atoms with E-state index in [4.69, 9.17) is 4.18 Å². The number of nitrogens with one attached hydrogen (secondary N) is 1. The molecule has 0 fully saturated rings. The first kappa shape index (κ1) is 21.4. The molecule has 0 aliphatic heterocycles. The van der Waals surface area contributed by atoms with Gasteiger partial charge in [0.05, 0.1) is 0 Å². The largest absolute Gasteiger partial charge is 0.378 e. The fraction of sp³-hybridized carbons (Fsp3) is 0.391.